The van der Waals surface area contributed by atoms with Gasteiger partial charge in [0.25, 0.3) is 0 Å². The minimum atomic E-state index is -1.14. The molecule has 17 heavy (non-hydrogen) atoms. The van der Waals surface area contributed by atoms with Crippen LogP contribution in [0.15, 0.2) is 18.2 Å². The van der Waals surface area contributed by atoms with E-state index in [0.29, 0.717) is 17.9 Å². The SMILES string of the molecule is COc1cc(OC)cc([C@@H]2C[C@]2(N)C(=O)O)c1. The van der Waals surface area contributed by atoms with Crippen molar-refractivity contribution in [2.24, 2.45) is 5.73 Å². The summed E-state index contributed by atoms with van der Waals surface area (Å²) in [6.45, 7) is 0. The van der Waals surface area contributed by atoms with Crippen molar-refractivity contribution in [1.29, 1.82) is 0 Å². The molecule has 0 unspecified atom stereocenters. The summed E-state index contributed by atoms with van der Waals surface area (Å²) < 4.78 is 10.3. The quantitative estimate of drug-likeness (QED) is 0.815. The summed E-state index contributed by atoms with van der Waals surface area (Å²) in [4.78, 5) is 11.0. The molecule has 0 aliphatic heterocycles. The van der Waals surface area contributed by atoms with Crippen LogP contribution in [0.25, 0.3) is 0 Å². The van der Waals surface area contributed by atoms with Gasteiger partial charge in [-0.15, -0.1) is 0 Å². The number of benzene rings is 1. The van der Waals surface area contributed by atoms with Crippen molar-refractivity contribution in [1.82, 2.24) is 0 Å². The predicted octanol–water partition coefficient (Wildman–Crippen LogP) is 0.973. The Morgan fingerprint density at radius 1 is 1.35 bits per heavy atom. The van der Waals surface area contributed by atoms with Crippen LogP contribution in [0.1, 0.15) is 17.9 Å². The molecule has 0 radical (unpaired) electrons. The summed E-state index contributed by atoms with van der Waals surface area (Å²) in [7, 11) is 3.11. The average molecular weight is 237 g/mol. The van der Waals surface area contributed by atoms with Gasteiger partial charge in [0.15, 0.2) is 0 Å². The van der Waals surface area contributed by atoms with Crippen molar-refractivity contribution in [2.75, 3.05) is 14.2 Å². The first-order chi connectivity index (χ1) is 8.01. The number of methoxy groups -OCH3 is 2. The third-order valence-corrected chi connectivity index (χ3v) is 3.18. The van der Waals surface area contributed by atoms with Crippen LogP contribution in [-0.4, -0.2) is 30.8 Å². The van der Waals surface area contributed by atoms with E-state index in [1.165, 1.54) is 0 Å². The first-order valence-corrected chi connectivity index (χ1v) is 5.26. The van der Waals surface area contributed by atoms with E-state index in [2.05, 4.69) is 0 Å². The monoisotopic (exact) mass is 237 g/mol. The highest BCUT2D eigenvalue weighted by Gasteiger charge is 2.58. The largest absolute Gasteiger partial charge is 0.497 e. The fourth-order valence-electron chi connectivity index (χ4n) is 1.96. The van der Waals surface area contributed by atoms with Crippen molar-refractivity contribution in [3.8, 4) is 11.5 Å². The Bertz CT molecular complexity index is 438. The molecule has 1 aliphatic rings. The van der Waals surface area contributed by atoms with E-state index in [1.54, 1.807) is 32.4 Å². The molecule has 5 heteroatoms. The second kappa shape index (κ2) is 3.92. The predicted molar refractivity (Wildman–Crippen MR) is 61.5 cm³/mol. The van der Waals surface area contributed by atoms with Gasteiger partial charge in [0.1, 0.15) is 17.0 Å². The number of carboxylic acids is 1. The summed E-state index contributed by atoms with van der Waals surface area (Å²) in [6, 6.07) is 5.33. The van der Waals surface area contributed by atoms with Crippen molar-refractivity contribution in [3.05, 3.63) is 23.8 Å². The molecule has 0 bridgehead atoms. The molecule has 92 valence electrons. The minimum absolute atomic E-state index is 0.177. The molecule has 0 saturated heterocycles. The molecule has 1 aromatic rings. The van der Waals surface area contributed by atoms with E-state index < -0.39 is 11.5 Å². The number of nitrogens with two attached hydrogens (primary N) is 1. The molecule has 1 fully saturated rings. The lowest BCUT2D eigenvalue weighted by Crippen LogP contribution is -2.34. The normalized spacial score (nSPS) is 26.4. The Hall–Kier alpha value is -1.75. The molecule has 0 heterocycles. The Kier molecular flexibility index (Phi) is 2.71. The van der Waals surface area contributed by atoms with Crippen LogP contribution in [0.5, 0.6) is 11.5 Å². The molecule has 1 saturated carbocycles. The number of ether oxygens (including phenoxy) is 2. The number of carbonyl (C=O) groups is 1. The lowest BCUT2D eigenvalue weighted by molar-refractivity contribution is -0.139. The van der Waals surface area contributed by atoms with Gasteiger partial charge < -0.3 is 20.3 Å². The maximum Gasteiger partial charge on any atom is 0.324 e. The van der Waals surface area contributed by atoms with E-state index in [-0.39, 0.29) is 5.92 Å². The fraction of sp³-hybridized carbons (Fsp3) is 0.417. The van der Waals surface area contributed by atoms with Gasteiger partial charge >= 0.3 is 5.97 Å². The van der Waals surface area contributed by atoms with Gasteiger partial charge in [0, 0.05) is 12.0 Å². The maximum absolute atomic E-state index is 11.0. The van der Waals surface area contributed by atoms with Gasteiger partial charge in [-0.3, -0.25) is 4.79 Å². The molecule has 0 amide bonds. The first-order valence-electron chi connectivity index (χ1n) is 5.26. The maximum atomic E-state index is 11.0. The van der Waals surface area contributed by atoms with E-state index in [0.717, 1.165) is 5.56 Å². The van der Waals surface area contributed by atoms with E-state index >= 15 is 0 Å². The summed E-state index contributed by atoms with van der Waals surface area (Å²) >= 11 is 0. The summed E-state index contributed by atoms with van der Waals surface area (Å²) in [5, 5.41) is 9.01. The van der Waals surface area contributed by atoms with Gasteiger partial charge in [-0.05, 0) is 24.1 Å². The molecule has 3 N–H and O–H groups in total. The Balaban J connectivity index is 2.31. The van der Waals surface area contributed by atoms with Crippen LogP contribution in [0, 0.1) is 0 Å². The standard InChI is InChI=1S/C12H15NO4/c1-16-8-3-7(4-9(5-8)17-2)10-6-12(10,13)11(14)15/h3-5,10H,6,13H2,1-2H3,(H,14,15)/t10-,12+/m0/s1. The summed E-state index contributed by atoms with van der Waals surface area (Å²) in [6.07, 6.45) is 0.443. The van der Waals surface area contributed by atoms with Crippen molar-refractivity contribution < 1.29 is 19.4 Å². The second-order valence-electron chi connectivity index (χ2n) is 4.25. The third kappa shape index (κ3) is 1.93. The topological polar surface area (TPSA) is 81.8 Å². The molecule has 2 rings (SSSR count). The summed E-state index contributed by atoms with van der Waals surface area (Å²) in [5.41, 5.74) is 5.47. The molecule has 0 spiro atoms. The zero-order valence-corrected chi connectivity index (χ0v) is 9.77. The van der Waals surface area contributed by atoms with Gasteiger partial charge in [-0.25, -0.2) is 0 Å². The lowest BCUT2D eigenvalue weighted by atomic mass is 10.1. The van der Waals surface area contributed by atoms with Crippen molar-refractivity contribution in [3.63, 3.8) is 0 Å². The van der Waals surface area contributed by atoms with Crippen molar-refractivity contribution in [2.45, 2.75) is 17.9 Å². The zero-order valence-electron chi connectivity index (χ0n) is 9.77. The molecule has 5 nitrogen and oxygen atoms in total. The van der Waals surface area contributed by atoms with E-state index in [9.17, 15) is 4.79 Å². The van der Waals surface area contributed by atoms with Crippen molar-refractivity contribution >= 4 is 5.97 Å². The third-order valence-electron chi connectivity index (χ3n) is 3.18. The molecule has 2 atom stereocenters. The Labute approximate surface area is 99.1 Å². The molecule has 0 aromatic heterocycles. The number of hydrogen-bond acceptors (Lipinski definition) is 4. The molecule has 1 aliphatic carbocycles. The van der Waals surface area contributed by atoms with Crippen LogP contribution in [-0.2, 0) is 4.79 Å². The second-order valence-corrected chi connectivity index (χ2v) is 4.25. The number of aliphatic carboxylic acids is 1. The Morgan fingerprint density at radius 2 is 1.88 bits per heavy atom. The average Bonchev–Trinajstić information content (AvgIpc) is 3.02. The van der Waals surface area contributed by atoms with E-state index in [1.807, 2.05) is 0 Å². The molecular weight excluding hydrogens is 222 g/mol. The Morgan fingerprint density at radius 3 is 2.24 bits per heavy atom. The number of carboxylic acid groups (broad SMARTS) is 1. The lowest BCUT2D eigenvalue weighted by Gasteiger charge is -2.10. The molecular formula is C12H15NO4. The van der Waals surface area contributed by atoms with Crippen LogP contribution in [0.3, 0.4) is 0 Å². The highest BCUT2D eigenvalue weighted by molar-refractivity contribution is 5.85. The highest BCUT2D eigenvalue weighted by atomic mass is 16.5. The van der Waals surface area contributed by atoms with Crippen LogP contribution >= 0.6 is 0 Å². The number of rotatable bonds is 4. The molecule has 1 aromatic carbocycles. The van der Waals surface area contributed by atoms with Crippen LogP contribution < -0.4 is 15.2 Å². The number of hydrogen-bond donors (Lipinski definition) is 2. The van der Waals surface area contributed by atoms with Gasteiger partial charge in [0.2, 0.25) is 0 Å². The van der Waals surface area contributed by atoms with Crippen LogP contribution in [0.4, 0.5) is 0 Å². The van der Waals surface area contributed by atoms with Crippen LogP contribution in [0.2, 0.25) is 0 Å². The fourth-order valence-corrected chi connectivity index (χ4v) is 1.96. The zero-order chi connectivity index (χ0) is 12.6. The summed E-state index contributed by atoms with van der Waals surface area (Å²) in [5.74, 6) is 0.131. The van der Waals surface area contributed by atoms with E-state index in [4.69, 9.17) is 20.3 Å². The van der Waals surface area contributed by atoms with Gasteiger partial charge in [0.05, 0.1) is 14.2 Å². The van der Waals surface area contributed by atoms with Gasteiger partial charge in [-0.2, -0.15) is 0 Å². The highest BCUT2D eigenvalue weighted by Crippen LogP contribution is 2.50. The van der Waals surface area contributed by atoms with Gasteiger partial charge in [-0.1, -0.05) is 0 Å². The first kappa shape index (κ1) is 11.7. The minimum Gasteiger partial charge on any atom is -0.497 e. The smallest absolute Gasteiger partial charge is 0.324 e.